The molecular formula is C11H18BrF3N2O2. The molecule has 0 spiro atoms. The molecule has 0 aromatic rings. The number of carbonyl (C=O) groups is 1. The first kappa shape index (κ1) is 16.7. The molecule has 0 aromatic heterocycles. The Bertz CT molecular complexity index is 290. The first-order chi connectivity index (χ1) is 8.92. The summed E-state index contributed by atoms with van der Waals surface area (Å²) in [6, 6.07) is 0. The summed E-state index contributed by atoms with van der Waals surface area (Å²) in [5, 5.41) is 0.871. The highest BCUT2D eigenvalue weighted by Crippen LogP contribution is 2.14. The molecule has 1 saturated heterocycles. The molecule has 1 rings (SSSR count). The van der Waals surface area contributed by atoms with Crippen LogP contribution in [0.2, 0.25) is 0 Å². The van der Waals surface area contributed by atoms with Gasteiger partial charge in [-0.2, -0.15) is 13.2 Å². The van der Waals surface area contributed by atoms with Crippen LogP contribution in [0.15, 0.2) is 0 Å². The van der Waals surface area contributed by atoms with Gasteiger partial charge in [0.1, 0.15) is 13.2 Å². The van der Waals surface area contributed by atoms with Crippen molar-refractivity contribution in [2.75, 3.05) is 51.3 Å². The van der Waals surface area contributed by atoms with Crippen molar-refractivity contribution in [2.24, 2.45) is 0 Å². The zero-order chi connectivity index (χ0) is 14.3. The summed E-state index contributed by atoms with van der Waals surface area (Å²) in [5.74, 6) is -0.370. The minimum atomic E-state index is -4.38. The number of rotatable bonds is 5. The van der Waals surface area contributed by atoms with E-state index in [1.807, 2.05) is 0 Å². The average molecular weight is 347 g/mol. The Morgan fingerprint density at radius 3 is 2.58 bits per heavy atom. The summed E-state index contributed by atoms with van der Waals surface area (Å²) >= 11 is 3.36. The summed E-state index contributed by atoms with van der Waals surface area (Å²) < 4.78 is 40.1. The Hall–Kier alpha value is -0.340. The molecule has 1 aliphatic heterocycles. The zero-order valence-electron chi connectivity index (χ0n) is 10.6. The normalized spacial score (nSPS) is 18.4. The van der Waals surface area contributed by atoms with Crippen molar-refractivity contribution < 1.29 is 22.7 Å². The van der Waals surface area contributed by atoms with Gasteiger partial charge in [-0.1, -0.05) is 15.9 Å². The quantitative estimate of drug-likeness (QED) is 0.707. The minimum absolute atomic E-state index is 0.370. The third kappa shape index (κ3) is 7.12. The third-order valence-electron chi connectivity index (χ3n) is 2.83. The van der Waals surface area contributed by atoms with Crippen LogP contribution in [-0.4, -0.2) is 73.2 Å². The molecule has 112 valence electrons. The average Bonchev–Trinajstić information content (AvgIpc) is 2.53. The smallest absolute Gasteiger partial charge is 0.362 e. The number of nitrogens with zero attached hydrogens (tertiary/aromatic N) is 2. The van der Waals surface area contributed by atoms with Gasteiger partial charge in [-0.05, 0) is 13.0 Å². The number of halogens is 4. The predicted molar refractivity (Wildman–Crippen MR) is 68.3 cm³/mol. The summed E-state index contributed by atoms with van der Waals surface area (Å²) in [6.07, 6.45) is -3.55. The van der Waals surface area contributed by atoms with Gasteiger partial charge in [-0.25, -0.2) is 0 Å². The van der Waals surface area contributed by atoms with E-state index < -0.39 is 19.4 Å². The molecule has 1 amide bonds. The summed E-state index contributed by atoms with van der Waals surface area (Å²) in [7, 11) is 0. The number of amides is 1. The molecule has 19 heavy (non-hydrogen) atoms. The van der Waals surface area contributed by atoms with Gasteiger partial charge >= 0.3 is 6.18 Å². The number of hydrogen-bond acceptors (Lipinski definition) is 3. The highest BCUT2D eigenvalue weighted by atomic mass is 79.9. The minimum Gasteiger partial charge on any atom is -0.362 e. The topological polar surface area (TPSA) is 32.8 Å². The van der Waals surface area contributed by atoms with Crippen molar-refractivity contribution in [3.63, 3.8) is 0 Å². The molecule has 0 aliphatic carbocycles. The van der Waals surface area contributed by atoms with Gasteiger partial charge < -0.3 is 14.5 Å². The molecule has 8 heteroatoms. The zero-order valence-corrected chi connectivity index (χ0v) is 12.2. The third-order valence-corrected chi connectivity index (χ3v) is 3.19. The second-order valence-corrected chi connectivity index (χ2v) is 5.17. The standard InChI is InChI=1S/C11H18BrF3N2O2/c12-2-5-16-3-1-4-17(7-6-16)10(18)8-19-9-11(13,14)15/h1-9H2. The molecule has 1 fully saturated rings. The van der Waals surface area contributed by atoms with E-state index in [4.69, 9.17) is 0 Å². The first-order valence-electron chi connectivity index (χ1n) is 6.13. The van der Waals surface area contributed by atoms with Gasteiger partial charge in [0.25, 0.3) is 0 Å². The Kier molecular flexibility index (Phi) is 7.09. The summed E-state index contributed by atoms with van der Waals surface area (Å²) in [4.78, 5) is 15.5. The van der Waals surface area contributed by atoms with E-state index in [9.17, 15) is 18.0 Å². The van der Waals surface area contributed by atoms with Crippen LogP contribution in [0.1, 0.15) is 6.42 Å². The van der Waals surface area contributed by atoms with Crippen molar-refractivity contribution >= 4 is 21.8 Å². The van der Waals surface area contributed by atoms with E-state index in [-0.39, 0.29) is 5.91 Å². The number of alkyl halides is 4. The van der Waals surface area contributed by atoms with Gasteiger partial charge in [0.2, 0.25) is 5.91 Å². The molecule has 1 aliphatic rings. The van der Waals surface area contributed by atoms with Gasteiger partial charge in [0.15, 0.2) is 0 Å². The van der Waals surface area contributed by atoms with Crippen molar-refractivity contribution in [3.05, 3.63) is 0 Å². The van der Waals surface area contributed by atoms with Crippen LogP contribution in [0, 0.1) is 0 Å². The number of ether oxygens (including phenoxy) is 1. The molecule has 0 aromatic carbocycles. The van der Waals surface area contributed by atoms with Crippen molar-refractivity contribution in [2.45, 2.75) is 12.6 Å². The van der Waals surface area contributed by atoms with Crippen LogP contribution in [0.25, 0.3) is 0 Å². The van der Waals surface area contributed by atoms with E-state index in [1.54, 1.807) is 4.90 Å². The monoisotopic (exact) mass is 346 g/mol. The number of hydrogen-bond donors (Lipinski definition) is 0. The molecule has 0 atom stereocenters. The van der Waals surface area contributed by atoms with Crippen LogP contribution in [-0.2, 0) is 9.53 Å². The molecule has 0 radical (unpaired) electrons. The number of carbonyl (C=O) groups excluding carboxylic acids is 1. The van der Waals surface area contributed by atoms with Crippen LogP contribution in [0.4, 0.5) is 13.2 Å². The van der Waals surface area contributed by atoms with Gasteiger partial charge in [0.05, 0.1) is 0 Å². The predicted octanol–water partition coefficient (Wildman–Crippen LogP) is 1.49. The Morgan fingerprint density at radius 2 is 1.95 bits per heavy atom. The Labute approximate surface area is 119 Å². The van der Waals surface area contributed by atoms with Gasteiger partial charge in [-0.3, -0.25) is 4.79 Å². The second-order valence-electron chi connectivity index (χ2n) is 4.37. The fraction of sp³-hybridized carbons (Fsp3) is 0.909. The Morgan fingerprint density at radius 1 is 1.21 bits per heavy atom. The molecule has 0 saturated carbocycles. The van der Waals surface area contributed by atoms with Gasteiger partial charge in [0, 0.05) is 31.5 Å². The van der Waals surface area contributed by atoms with Crippen LogP contribution < -0.4 is 0 Å². The Balaban J connectivity index is 2.29. The lowest BCUT2D eigenvalue weighted by molar-refractivity contribution is -0.177. The molecule has 0 unspecified atom stereocenters. The lowest BCUT2D eigenvalue weighted by Crippen LogP contribution is -2.38. The van der Waals surface area contributed by atoms with Crippen LogP contribution >= 0.6 is 15.9 Å². The SMILES string of the molecule is O=C(COCC(F)(F)F)N1CCCN(CCBr)CC1. The highest BCUT2D eigenvalue weighted by molar-refractivity contribution is 9.09. The summed E-state index contributed by atoms with van der Waals surface area (Å²) in [6.45, 7) is 1.80. The van der Waals surface area contributed by atoms with Crippen molar-refractivity contribution in [3.8, 4) is 0 Å². The lowest BCUT2D eigenvalue weighted by Gasteiger charge is -2.21. The van der Waals surface area contributed by atoms with Crippen LogP contribution in [0.5, 0.6) is 0 Å². The summed E-state index contributed by atoms with van der Waals surface area (Å²) in [5.41, 5.74) is 0. The highest BCUT2D eigenvalue weighted by Gasteiger charge is 2.28. The lowest BCUT2D eigenvalue weighted by atomic mass is 10.4. The van der Waals surface area contributed by atoms with E-state index in [0.717, 1.165) is 31.4 Å². The van der Waals surface area contributed by atoms with E-state index in [2.05, 4.69) is 25.6 Å². The van der Waals surface area contributed by atoms with Crippen molar-refractivity contribution in [1.29, 1.82) is 0 Å². The fourth-order valence-corrected chi connectivity index (χ4v) is 2.41. The molecular weight excluding hydrogens is 329 g/mol. The van der Waals surface area contributed by atoms with Crippen molar-refractivity contribution in [1.82, 2.24) is 9.80 Å². The first-order valence-corrected chi connectivity index (χ1v) is 7.25. The largest absolute Gasteiger partial charge is 0.411 e. The molecule has 4 nitrogen and oxygen atoms in total. The second kappa shape index (κ2) is 8.06. The molecule has 0 N–H and O–H groups in total. The van der Waals surface area contributed by atoms with E-state index >= 15 is 0 Å². The van der Waals surface area contributed by atoms with Gasteiger partial charge in [-0.15, -0.1) is 0 Å². The maximum absolute atomic E-state index is 11.9. The van der Waals surface area contributed by atoms with E-state index in [0.29, 0.717) is 13.1 Å². The fourth-order valence-electron chi connectivity index (χ4n) is 1.91. The maximum atomic E-state index is 11.9. The molecule has 1 heterocycles. The van der Waals surface area contributed by atoms with E-state index in [1.165, 1.54) is 0 Å². The molecule has 0 bridgehead atoms. The maximum Gasteiger partial charge on any atom is 0.411 e. The van der Waals surface area contributed by atoms with Crippen LogP contribution in [0.3, 0.4) is 0 Å².